The topological polar surface area (TPSA) is 0 Å². The fraction of sp³-hybridized carbons (Fsp3) is 0.569. The smallest absolute Gasteiger partial charge is 1.00 e. The molecule has 0 nitrogen and oxygen atoms in total. The number of allylic oxidation sites excluding steroid dienone is 4. The second-order valence-corrected chi connectivity index (χ2v) is 27.2. The third-order valence-electron chi connectivity index (χ3n) is 11.7. The minimum absolute atomic E-state index is 0. The Hall–Kier alpha value is -1.06. The van der Waals surface area contributed by atoms with E-state index in [2.05, 4.69) is 213 Å². The Labute approximate surface area is 377 Å². The summed E-state index contributed by atoms with van der Waals surface area (Å²) in [5.41, 5.74) is 10.3. The summed E-state index contributed by atoms with van der Waals surface area (Å²) >= 11 is 2.43. The predicted molar refractivity (Wildman–Crippen MR) is 235 cm³/mol. The van der Waals surface area contributed by atoms with Crippen LogP contribution in [0.1, 0.15) is 191 Å². The SMILES string of the molecule is CCCCC1=[C]([Ti+3])CC=C1[Si](c1cc(C(C)(C)C)cc(C(C)(C)C)c1)(c1cc(C(C)(C)C)cc(C(C)(C)C)c1)c1cc(C(C)(C)C)cc(C(C)(C)C)c1.[Cl-].[Cl-].[Cl-]. The average Bonchev–Trinajstić information content (AvgIpc) is 3.37. The van der Waals surface area contributed by atoms with Crippen molar-refractivity contribution in [3.8, 4) is 0 Å². The molecule has 3 aromatic rings. The van der Waals surface area contributed by atoms with E-state index in [1.165, 1.54) is 46.2 Å². The molecule has 0 saturated carbocycles. The number of halogens is 3. The van der Waals surface area contributed by atoms with Gasteiger partial charge in [-0.2, -0.15) is 0 Å². The first-order chi connectivity index (χ1) is 23.9. The molecule has 0 radical (unpaired) electrons. The minimum atomic E-state index is -3.00. The molecule has 5 heteroatoms. The van der Waals surface area contributed by atoms with Gasteiger partial charge in [0.25, 0.3) is 0 Å². The van der Waals surface area contributed by atoms with Crippen molar-refractivity contribution in [1.29, 1.82) is 0 Å². The van der Waals surface area contributed by atoms with Gasteiger partial charge in [-0.1, -0.05) is 0 Å². The van der Waals surface area contributed by atoms with Crippen molar-refractivity contribution in [2.75, 3.05) is 0 Å². The van der Waals surface area contributed by atoms with Gasteiger partial charge in [0.05, 0.1) is 0 Å². The molecule has 0 aliphatic heterocycles. The van der Waals surface area contributed by atoms with Crippen LogP contribution in [0, 0.1) is 0 Å². The summed E-state index contributed by atoms with van der Waals surface area (Å²) in [7, 11) is -3.00. The summed E-state index contributed by atoms with van der Waals surface area (Å²) in [6, 6.07) is 23.6. The van der Waals surface area contributed by atoms with E-state index in [4.69, 9.17) is 0 Å². The van der Waals surface area contributed by atoms with Gasteiger partial charge in [0.1, 0.15) is 0 Å². The molecular formula is C51H75Cl3SiTi. The van der Waals surface area contributed by atoms with Gasteiger partial charge >= 0.3 is 342 Å². The van der Waals surface area contributed by atoms with Crippen LogP contribution in [0.25, 0.3) is 0 Å². The maximum Gasteiger partial charge on any atom is -1.00 e. The largest absolute Gasteiger partial charge is 1.00 e. The zero-order valence-electron chi connectivity index (χ0n) is 38.7. The Bertz CT molecular complexity index is 1610. The van der Waals surface area contributed by atoms with Crippen LogP contribution in [-0.4, -0.2) is 8.07 Å². The van der Waals surface area contributed by atoms with E-state index in [0.29, 0.717) is 0 Å². The number of unbranched alkanes of at least 4 members (excludes halogenated alkanes) is 1. The Morgan fingerprint density at radius 3 is 0.911 bits per heavy atom. The van der Waals surface area contributed by atoms with E-state index in [9.17, 15) is 0 Å². The van der Waals surface area contributed by atoms with E-state index in [1.807, 2.05) is 0 Å². The normalized spacial score (nSPS) is 14.6. The average molecular weight is 870 g/mol. The molecule has 0 saturated heterocycles. The molecule has 1 aliphatic carbocycles. The summed E-state index contributed by atoms with van der Waals surface area (Å²) in [5.74, 6) is 0. The molecule has 56 heavy (non-hydrogen) atoms. The fourth-order valence-corrected chi connectivity index (χ4v) is 13.8. The molecule has 0 unspecified atom stereocenters. The molecule has 1 aliphatic rings. The van der Waals surface area contributed by atoms with Crippen LogP contribution < -0.4 is 52.8 Å². The number of hydrogen-bond acceptors (Lipinski definition) is 0. The summed E-state index contributed by atoms with van der Waals surface area (Å²) in [6.45, 7) is 45.7. The first-order valence-electron chi connectivity index (χ1n) is 20.6. The van der Waals surface area contributed by atoms with Crippen LogP contribution in [0.3, 0.4) is 0 Å². The van der Waals surface area contributed by atoms with E-state index in [1.54, 1.807) is 30.2 Å². The van der Waals surface area contributed by atoms with Crippen LogP contribution in [0.4, 0.5) is 0 Å². The monoisotopic (exact) mass is 868 g/mol. The quantitative estimate of drug-likeness (QED) is 0.251. The van der Waals surface area contributed by atoms with Crippen LogP contribution in [0.15, 0.2) is 75.3 Å². The number of benzene rings is 3. The Kier molecular flexibility index (Phi) is 17.3. The Morgan fingerprint density at radius 2 is 0.696 bits per heavy atom. The van der Waals surface area contributed by atoms with Gasteiger partial charge in [-0.15, -0.1) is 0 Å². The summed E-state index contributed by atoms with van der Waals surface area (Å²) in [4.78, 5) is 0. The number of rotatable bonds is 7. The molecule has 0 N–H and O–H groups in total. The van der Waals surface area contributed by atoms with Crippen LogP contribution in [0.2, 0.25) is 0 Å². The van der Waals surface area contributed by atoms with E-state index in [-0.39, 0.29) is 69.7 Å². The second kappa shape index (κ2) is 18.3. The van der Waals surface area contributed by atoms with Crippen molar-refractivity contribution in [3.05, 3.63) is 109 Å². The molecule has 0 spiro atoms. The van der Waals surface area contributed by atoms with E-state index >= 15 is 0 Å². The molecule has 0 fully saturated rings. The molecule has 0 bridgehead atoms. The van der Waals surface area contributed by atoms with E-state index < -0.39 is 8.07 Å². The minimum Gasteiger partial charge on any atom is -1.00 e. The third-order valence-corrected chi connectivity index (χ3v) is 17.2. The van der Waals surface area contributed by atoms with Crippen molar-refractivity contribution in [2.45, 2.75) is 190 Å². The van der Waals surface area contributed by atoms with Crippen molar-refractivity contribution in [3.63, 3.8) is 0 Å². The Morgan fingerprint density at radius 1 is 0.446 bits per heavy atom. The first kappa shape index (κ1) is 53.0. The molecule has 0 atom stereocenters. The van der Waals surface area contributed by atoms with Gasteiger partial charge in [0, 0.05) is 0 Å². The van der Waals surface area contributed by atoms with Gasteiger partial charge in [-0.3, -0.25) is 0 Å². The molecule has 0 amide bonds. The molecule has 3 aromatic carbocycles. The first-order valence-corrected chi connectivity index (χ1v) is 23.3. The molecule has 308 valence electrons. The maximum absolute atomic E-state index is 3.00. The van der Waals surface area contributed by atoms with Crippen molar-refractivity contribution < 1.29 is 57.7 Å². The summed E-state index contributed by atoms with van der Waals surface area (Å²) in [6.07, 6.45) is 7.31. The maximum atomic E-state index is 2.70. The molecule has 4 rings (SSSR count). The third kappa shape index (κ3) is 11.4. The van der Waals surface area contributed by atoms with Gasteiger partial charge < -0.3 is 37.2 Å². The summed E-state index contributed by atoms with van der Waals surface area (Å²) in [5, 5.41) is 6.27. The van der Waals surface area contributed by atoms with Gasteiger partial charge in [-0.05, 0) is 0 Å². The second-order valence-electron chi connectivity index (χ2n) is 22.5. The summed E-state index contributed by atoms with van der Waals surface area (Å²) < 4.78 is 1.57. The van der Waals surface area contributed by atoms with Crippen LogP contribution >= 0.6 is 0 Å². The fourth-order valence-electron chi connectivity index (χ4n) is 7.73. The van der Waals surface area contributed by atoms with Crippen LogP contribution in [0.5, 0.6) is 0 Å². The zero-order chi connectivity index (χ0) is 40.3. The molecular weight excluding hydrogens is 795 g/mol. The van der Waals surface area contributed by atoms with Crippen molar-refractivity contribution in [2.24, 2.45) is 0 Å². The van der Waals surface area contributed by atoms with Crippen molar-refractivity contribution >= 4 is 23.6 Å². The Balaban J connectivity index is 0.00000523. The predicted octanol–water partition coefficient (Wildman–Crippen LogP) is 3.81. The van der Waals surface area contributed by atoms with Gasteiger partial charge in [-0.25, -0.2) is 0 Å². The van der Waals surface area contributed by atoms with E-state index in [0.717, 1.165) is 12.8 Å². The number of hydrogen-bond donors (Lipinski definition) is 0. The van der Waals surface area contributed by atoms with Crippen LogP contribution in [-0.2, 0) is 52.9 Å². The zero-order valence-corrected chi connectivity index (χ0v) is 43.6. The molecule has 0 heterocycles. The molecule has 0 aromatic heterocycles. The van der Waals surface area contributed by atoms with Gasteiger partial charge in [0.2, 0.25) is 0 Å². The van der Waals surface area contributed by atoms with Crippen molar-refractivity contribution in [1.82, 2.24) is 0 Å². The van der Waals surface area contributed by atoms with Gasteiger partial charge in [0.15, 0.2) is 0 Å². The standard InChI is InChI=1S/C51H75Si.3ClH.Ti/c1-20-21-23-35-24-22-25-45(35)52(42-29-36(46(2,3)4)26-37(30-42)47(5,6)7,43-31-38(48(8,9)10)27-39(32-43)49(11,12)13)44-33-40(50(14,15)16)28-41(34-44)51(17,18)19;;;;/h25-34H,20-23H2,1-19H3;3*1H;/q;;;;+3/p-3.